The third-order valence-electron chi connectivity index (χ3n) is 15.5. The van der Waals surface area contributed by atoms with Crippen molar-refractivity contribution in [3.8, 4) is 17.2 Å². The lowest BCUT2D eigenvalue weighted by Gasteiger charge is -2.46. The van der Waals surface area contributed by atoms with E-state index in [1.807, 2.05) is 12.1 Å². The highest BCUT2D eigenvalue weighted by atomic mass is 35.6. The molecule has 13 nitrogen and oxygen atoms in total. The van der Waals surface area contributed by atoms with Gasteiger partial charge in [-0.1, -0.05) is 118 Å². The average molecular weight is 1120 g/mol. The van der Waals surface area contributed by atoms with E-state index in [0.717, 1.165) is 115 Å². The molecule has 1 amide bonds. The van der Waals surface area contributed by atoms with E-state index in [9.17, 15) is 24.3 Å². The van der Waals surface area contributed by atoms with Gasteiger partial charge >= 0.3 is 5.76 Å². The molecule has 4 atom stereocenters. The molecule has 3 heterocycles. The first-order valence-electron chi connectivity index (χ1n) is 27.8. The van der Waals surface area contributed by atoms with Crippen LogP contribution in [0.1, 0.15) is 192 Å². The average Bonchev–Trinajstić information content (AvgIpc) is 3.34. The number of nitrogens with zero attached hydrogens (tertiary/aromatic N) is 2. The monoisotopic (exact) mass is 1120 g/mol. The summed E-state index contributed by atoms with van der Waals surface area (Å²) in [5.74, 6) is 0.886. The van der Waals surface area contributed by atoms with E-state index in [1.165, 1.54) is 37.7 Å². The van der Waals surface area contributed by atoms with Gasteiger partial charge in [0, 0.05) is 55.6 Å². The van der Waals surface area contributed by atoms with Crippen LogP contribution in [0.2, 0.25) is 0 Å². The molecular weight excluding hydrogens is 1030 g/mol. The molecular formula is C60H90Cl3N3O10. The Labute approximate surface area is 468 Å². The molecule has 0 radical (unpaired) electrons. The predicted octanol–water partition coefficient (Wildman–Crippen LogP) is 13.4. The number of aromatic hydroxyl groups is 1. The molecule has 7 rings (SSSR count). The summed E-state index contributed by atoms with van der Waals surface area (Å²) in [6, 6.07) is 4.04. The van der Waals surface area contributed by atoms with E-state index in [2.05, 4.69) is 98.5 Å². The van der Waals surface area contributed by atoms with Crippen molar-refractivity contribution in [1.82, 2.24) is 14.8 Å². The maximum Gasteiger partial charge on any atom is 0.422 e. The number of alkyl halides is 3. The number of allylic oxidation sites excluding steroid dienone is 4. The molecule has 2 aliphatic heterocycles. The number of phenols is 1. The van der Waals surface area contributed by atoms with Crippen LogP contribution in [-0.4, -0.2) is 94.9 Å². The number of amides is 1. The number of fused-ring (bicyclic) bond motifs is 8. The van der Waals surface area contributed by atoms with Crippen LogP contribution in [0, 0.1) is 11.8 Å². The van der Waals surface area contributed by atoms with Crippen LogP contribution in [-0.2, 0) is 33.7 Å². The highest BCUT2D eigenvalue weighted by Gasteiger charge is 2.47. The van der Waals surface area contributed by atoms with Crippen molar-refractivity contribution in [2.45, 2.75) is 194 Å². The van der Waals surface area contributed by atoms with Crippen molar-refractivity contribution in [3.63, 3.8) is 0 Å². The molecule has 16 heteroatoms. The molecule has 0 saturated carbocycles. The predicted molar refractivity (Wildman–Crippen MR) is 310 cm³/mol. The quantitative estimate of drug-likeness (QED) is 0.0709. The van der Waals surface area contributed by atoms with E-state index in [1.54, 1.807) is 14.2 Å². The van der Waals surface area contributed by atoms with Gasteiger partial charge in [-0.05, 0) is 143 Å². The van der Waals surface area contributed by atoms with Crippen LogP contribution in [0.4, 0.5) is 0 Å². The molecule has 1 aromatic heterocycles. The van der Waals surface area contributed by atoms with Crippen molar-refractivity contribution in [2.75, 3.05) is 53.6 Å². The molecule has 2 aliphatic carbocycles. The molecule has 2 N–H and O–H groups in total. The number of unbranched alkanes of at least 4 members (excludes halogenated alkanes) is 4. The Hall–Kier alpha value is -3.85. The number of aryl methyl sites for hydroxylation is 2. The summed E-state index contributed by atoms with van der Waals surface area (Å²) in [7, 11) is 3.16. The number of carbonyl (C=O) groups excluding carboxylic acids is 2. The van der Waals surface area contributed by atoms with Gasteiger partial charge in [0.05, 0.1) is 30.7 Å². The lowest BCUT2D eigenvalue weighted by Crippen LogP contribution is -2.45. The molecule has 0 saturated heterocycles. The van der Waals surface area contributed by atoms with Crippen molar-refractivity contribution in [1.29, 1.82) is 0 Å². The molecule has 2 aromatic carbocycles. The number of hydrogen-bond donors (Lipinski definition) is 2. The fraction of sp³-hybridized carbons (Fsp3) is 0.667. The number of halogens is 3. The van der Waals surface area contributed by atoms with E-state index in [0.29, 0.717) is 29.7 Å². The highest BCUT2D eigenvalue weighted by Crippen LogP contribution is 2.55. The van der Waals surface area contributed by atoms with Gasteiger partial charge in [-0.2, -0.15) is 0 Å². The van der Waals surface area contributed by atoms with E-state index < -0.39 is 15.3 Å². The number of phenolic OH excluding ortho intramolecular Hbond substituents is 1. The summed E-state index contributed by atoms with van der Waals surface area (Å²) >= 11 is 15.1. The van der Waals surface area contributed by atoms with Gasteiger partial charge in [0.25, 0.3) is 11.5 Å². The second kappa shape index (κ2) is 29.4. The highest BCUT2D eigenvalue weighted by molar-refractivity contribution is 6.76. The minimum atomic E-state index is -1.72. The van der Waals surface area contributed by atoms with Gasteiger partial charge in [0.1, 0.15) is 28.5 Å². The van der Waals surface area contributed by atoms with Crippen LogP contribution in [0.15, 0.2) is 49.4 Å². The maximum absolute atomic E-state index is 13.5. The summed E-state index contributed by atoms with van der Waals surface area (Å²) < 4.78 is 28.5. The molecule has 76 heavy (non-hydrogen) atoms. The number of rotatable bonds is 18. The first-order valence-corrected chi connectivity index (χ1v) is 28.9. The van der Waals surface area contributed by atoms with Crippen molar-refractivity contribution in [3.05, 3.63) is 84.2 Å². The van der Waals surface area contributed by atoms with Crippen LogP contribution < -0.4 is 26.1 Å². The number of methoxy groups -OCH3 is 2. The molecule has 4 aliphatic rings. The summed E-state index contributed by atoms with van der Waals surface area (Å²) in [4.78, 5) is 51.9. The maximum atomic E-state index is 13.5. The number of hydrogen-bond acceptors (Lipinski definition) is 11. The summed E-state index contributed by atoms with van der Waals surface area (Å²) in [5.41, 5.74) is 5.92. The Morgan fingerprint density at radius 3 is 1.71 bits per heavy atom. The number of ketones is 1. The van der Waals surface area contributed by atoms with Crippen LogP contribution in [0.5, 0.6) is 17.2 Å². The van der Waals surface area contributed by atoms with Gasteiger partial charge < -0.3 is 38.7 Å². The number of carbonyl (C=O) groups is 2. The Balaban J connectivity index is 0.000000263. The van der Waals surface area contributed by atoms with E-state index in [-0.39, 0.29) is 65.2 Å². The SMILES string of the molecule is CC(=O)C(Cl)(Cl)Cl.CCCCCc1cc2c(c(O)c1C(=O)NCCOC)[C@@H]1C=C(C)CC[C@H]1C(C)(C)O2.CCCCCc1cc2c(c3oc(=O)n(CCOC)c(=O)c13)[C@@H]1C=C(C)CC[C@H]1C(C)(C)O2.CCN(CC)CC. The molecule has 0 fully saturated rings. The van der Waals surface area contributed by atoms with Gasteiger partial charge in [-0.25, -0.2) is 9.36 Å². The fourth-order valence-corrected chi connectivity index (χ4v) is 11.1. The summed E-state index contributed by atoms with van der Waals surface area (Å²) in [6.07, 6.45) is 16.4. The van der Waals surface area contributed by atoms with Crippen molar-refractivity contribution < 1.29 is 38.1 Å². The fourth-order valence-electron chi connectivity index (χ4n) is 11.1. The first kappa shape index (κ1) is 64.7. The molecule has 0 bridgehead atoms. The second-order valence-electron chi connectivity index (χ2n) is 21.8. The summed E-state index contributed by atoms with van der Waals surface area (Å²) in [5, 5.41) is 14.8. The zero-order valence-corrected chi connectivity index (χ0v) is 50.5. The number of benzene rings is 2. The minimum absolute atomic E-state index is 0.0621. The number of ether oxygens (including phenoxy) is 4. The van der Waals surface area contributed by atoms with Crippen LogP contribution in [0.25, 0.3) is 11.0 Å². The molecule has 0 unspecified atom stereocenters. The number of aromatic nitrogens is 1. The zero-order valence-electron chi connectivity index (χ0n) is 48.2. The zero-order chi connectivity index (χ0) is 56.7. The van der Waals surface area contributed by atoms with Crippen LogP contribution in [0.3, 0.4) is 0 Å². The van der Waals surface area contributed by atoms with Gasteiger partial charge in [0.15, 0.2) is 11.4 Å². The molecule has 426 valence electrons. The normalized spacial score (nSPS) is 19.7. The smallest absolute Gasteiger partial charge is 0.422 e. The number of Topliss-reactive ketones (excluding diaryl/α,β-unsaturated/α-hetero) is 1. The number of nitrogens with one attached hydrogen (secondary N) is 1. The standard InChI is InChI=1S/C26H35NO5.C25H37NO4.C6H15N.C3H3Cl3O/c1-6-7-8-9-17-15-20-22(18-14-16(2)10-11-19(18)26(3,4)32-20)23-21(17)24(28)27(12-13-30-5)25(29)31-23;1-6-7-8-9-17-15-20-22(23(27)21(17)24(28)26-12-13-29-5)18-14-16(2)10-11-19(18)25(3,4)30-20;1-4-7(5-2)6-3;1-2(7)3(4,5)6/h14-15,18-19H,6-13H2,1-5H3;14-15,18-19,27H,6-13H2,1-5H3,(H,26,28);4-6H2,1-3H3;1H3/t2*18-,19-;;/m11../s1. The Kier molecular flexibility index (Phi) is 25.0. The first-order chi connectivity index (χ1) is 35.9. The van der Waals surface area contributed by atoms with Crippen molar-refractivity contribution >= 4 is 57.5 Å². The molecule has 0 spiro atoms. The minimum Gasteiger partial charge on any atom is -0.507 e. The lowest BCUT2D eigenvalue weighted by atomic mass is 9.67. The summed E-state index contributed by atoms with van der Waals surface area (Å²) in [6.45, 7) is 29.8. The van der Waals surface area contributed by atoms with Crippen molar-refractivity contribution in [2.24, 2.45) is 11.8 Å². The lowest BCUT2D eigenvalue weighted by molar-refractivity contribution is -0.116. The third-order valence-corrected chi connectivity index (χ3v) is 16.3. The topological polar surface area (TPSA) is 159 Å². The van der Waals surface area contributed by atoms with Gasteiger partial charge in [-0.15, -0.1) is 0 Å². The van der Waals surface area contributed by atoms with E-state index in [4.69, 9.17) is 58.2 Å². The van der Waals surface area contributed by atoms with Crippen LogP contribution >= 0.6 is 34.8 Å². The van der Waals surface area contributed by atoms with E-state index >= 15 is 0 Å². The second-order valence-corrected chi connectivity index (χ2v) is 24.0. The van der Waals surface area contributed by atoms with Gasteiger partial charge in [-0.3, -0.25) is 14.4 Å². The van der Waals surface area contributed by atoms with Gasteiger partial charge in [0.2, 0.25) is 3.79 Å². The Morgan fingerprint density at radius 1 is 0.776 bits per heavy atom. The largest absolute Gasteiger partial charge is 0.507 e. The molecule has 3 aromatic rings. The Morgan fingerprint density at radius 2 is 1.25 bits per heavy atom. The Bertz CT molecular complexity index is 2600. The third kappa shape index (κ3) is 16.4.